The first kappa shape index (κ1) is 32.9. The smallest absolute Gasteiger partial charge is 0.408 e. The van der Waals surface area contributed by atoms with Crippen LogP contribution < -0.4 is 10.6 Å². The monoisotopic (exact) mass is 617 g/mol. The molecule has 9 nitrogen and oxygen atoms in total. The number of hydrogen-bond acceptors (Lipinski definition) is 5. The first-order valence-electron chi connectivity index (χ1n) is 14.6. The average Bonchev–Trinajstić information content (AvgIpc) is 2.96. The van der Waals surface area contributed by atoms with E-state index in [9.17, 15) is 23.9 Å². The number of alkyl carbamates (subject to hydrolysis) is 1. The largest absolute Gasteiger partial charge is 0.444 e. The summed E-state index contributed by atoms with van der Waals surface area (Å²) in [6.07, 6.45) is 1.92. The quantitative estimate of drug-likeness (QED) is 0.140. The number of hydrogen-bond donors (Lipinski definition) is 4. The van der Waals surface area contributed by atoms with E-state index in [-0.39, 0.29) is 5.91 Å². The Labute approximate surface area is 257 Å². The molecule has 1 aromatic heterocycles. The first-order valence-corrected chi connectivity index (χ1v) is 16.3. The fourth-order valence-corrected chi connectivity index (χ4v) is 5.46. The molecule has 2 amide bonds. The summed E-state index contributed by atoms with van der Waals surface area (Å²) in [4.78, 5) is 50.1. The minimum Gasteiger partial charge on any atom is -0.444 e. The molecule has 0 aliphatic heterocycles. The van der Waals surface area contributed by atoms with Crippen molar-refractivity contribution in [1.29, 1.82) is 0 Å². The number of aromatic nitrogens is 1. The Kier molecular flexibility index (Phi) is 9.64. The topological polar surface area (TPSA) is 138 Å². The summed E-state index contributed by atoms with van der Waals surface area (Å²) >= 11 is 0. The van der Waals surface area contributed by atoms with Gasteiger partial charge in [0.15, 0.2) is 0 Å². The van der Waals surface area contributed by atoms with Crippen LogP contribution in [-0.4, -0.2) is 38.4 Å². The Balaban J connectivity index is 1.84. The number of pyridine rings is 1. The van der Waals surface area contributed by atoms with Crippen molar-refractivity contribution >= 4 is 53.0 Å². The van der Waals surface area contributed by atoms with Crippen molar-refractivity contribution < 1.29 is 28.7 Å². The molecule has 4 N–H and O–H groups in total. The summed E-state index contributed by atoms with van der Waals surface area (Å²) < 4.78 is 16.9. The lowest BCUT2D eigenvalue weighted by molar-refractivity contribution is -0.121. The molecule has 3 aromatic carbocycles. The third-order valence-corrected chi connectivity index (χ3v) is 8.37. The van der Waals surface area contributed by atoms with Crippen LogP contribution in [0.5, 0.6) is 0 Å². The highest BCUT2D eigenvalue weighted by molar-refractivity contribution is 7.55. The maximum Gasteiger partial charge on any atom is 0.408 e. The zero-order chi connectivity index (χ0) is 32.3. The highest BCUT2D eigenvalue weighted by Gasteiger charge is 2.38. The molecular formula is C34H40N3O6P. The summed E-state index contributed by atoms with van der Waals surface area (Å²) in [6.45, 7) is 11.2. The highest BCUT2D eigenvalue weighted by atomic mass is 31.2. The van der Waals surface area contributed by atoms with E-state index in [0.717, 1.165) is 27.7 Å². The van der Waals surface area contributed by atoms with Gasteiger partial charge in [-0.15, -0.1) is 0 Å². The van der Waals surface area contributed by atoms with Crippen LogP contribution >= 0.6 is 7.60 Å². The Morgan fingerprint density at radius 1 is 0.932 bits per heavy atom. The molecule has 232 valence electrons. The van der Waals surface area contributed by atoms with E-state index < -0.39 is 30.7 Å². The molecule has 0 radical (unpaired) electrons. The number of anilines is 1. The zero-order valence-corrected chi connectivity index (χ0v) is 26.8. The molecule has 1 heterocycles. The maximum atomic E-state index is 13.9. The van der Waals surface area contributed by atoms with E-state index in [4.69, 9.17) is 9.72 Å². The van der Waals surface area contributed by atoms with Crippen molar-refractivity contribution in [2.45, 2.75) is 66.0 Å². The minimum atomic E-state index is -4.38. The Bertz CT molecular complexity index is 1760. The van der Waals surface area contributed by atoms with E-state index in [1.807, 2.05) is 69.3 Å². The van der Waals surface area contributed by atoms with Gasteiger partial charge in [0.25, 0.3) is 0 Å². The van der Waals surface area contributed by atoms with Gasteiger partial charge in [-0.3, -0.25) is 9.36 Å². The van der Waals surface area contributed by atoms with E-state index in [1.165, 1.54) is 6.08 Å². The van der Waals surface area contributed by atoms with E-state index in [2.05, 4.69) is 10.6 Å². The van der Waals surface area contributed by atoms with Crippen molar-refractivity contribution in [2.75, 3.05) is 5.32 Å². The molecule has 0 bridgehead atoms. The van der Waals surface area contributed by atoms with Crippen LogP contribution in [0.25, 0.3) is 38.9 Å². The summed E-state index contributed by atoms with van der Waals surface area (Å²) in [7, 11) is -4.38. The van der Waals surface area contributed by atoms with Gasteiger partial charge in [-0.2, -0.15) is 0 Å². The Hall–Kier alpha value is -4.04. The number of carbonyl (C=O) groups excluding carboxylic acids is 2. The minimum absolute atomic E-state index is 0.376. The second-order valence-corrected chi connectivity index (χ2v) is 13.7. The predicted octanol–water partition coefficient (Wildman–Crippen LogP) is 7.86. The van der Waals surface area contributed by atoms with Crippen molar-refractivity contribution in [1.82, 2.24) is 10.3 Å². The molecule has 1 atom stereocenters. The van der Waals surface area contributed by atoms with Crippen molar-refractivity contribution in [2.24, 2.45) is 5.41 Å². The molecule has 0 spiro atoms. The summed E-state index contributed by atoms with van der Waals surface area (Å²) in [6, 6.07) is 20.1. The number of amides is 2. The van der Waals surface area contributed by atoms with Gasteiger partial charge in [-0.05, 0) is 79.6 Å². The first-order chi connectivity index (χ1) is 20.6. The molecule has 0 saturated heterocycles. The number of fused-ring (bicyclic) bond motifs is 2. The van der Waals surface area contributed by atoms with Gasteiger partial charge in [0, 0.05) is 22.5 Å². The van der Waals surface area contributed by atoms with E-state index >= 15 is 0 Å². The van der Waals surface area contributed by atoms with E-state index in [1.54, 1.807) is 39.0 Å². The van der Waals surface area contributed by atoms with Crippen LogP contribution in [0.3, 0.4) is 0 Å². The van der Waals surface area contributed by atoms with Gasteiger partial charge in [0.05, 0.1) is 11.2 Å². The molecule has 4 rings (SSSR count). The number of nitrogens with one attached hydrogen (secondary N) is 2. The zero-order valence-electron chi connectivity index (χ0n) is 25.9. The van der Waals surface area contributed by atoms with Crippen LogP contribution in [0.4, 0.5) is 10.5 Å². The number of ether oxygens (including phenoxy) is 1. The number of rotatable bonds is 9. The third-order valence-electron chi connectivity index (χ3n) is 7.84. The lowest BCUT2D eigenvalue weighted by atomic mass is 9.77. The highest BCUT2D eigenvalue weighted by Crippen LogP contribution is 2.39. The Morgan fingerprint density at radius 3 is 2.27 bits per heavy atom. The summed E-state index contributed by atoms with van der Waals surface area (Å²) in [5.41, 5.74) is 1.83. The fraction of sp³-hybridized carbons (Fsp3) is 0.324. The van der Waals surface area contributed by atoms with Gasteiger partial charge in [0.2, 0.25) is 5.91 Å². The van der Waals surface area contributed by atoms with Crippen LogP contribution in [0.2, 0.25) is 0 Å². The molecule has 10 heteroatoms. The normalized spacial score (nSPS) is 13.3. The second kappa shape index (κ2) is 12.9. The Morgan fingerprint density at radius 2 is 1.61 bits per heavy atom. The summed E-state index contributed by atoms with van der Waals surface area (Å²) in [5, 5.41) is 8.57. The van der Waals surface area contributed by atoms with Crippen LogP contribution in [-0.2, 0) is 14.1 Å². The molecule has 1 unspecified atom stereocenters. The SMILES string of the molecule is CCC(C)(CC)C(NC(=O)OC(C)(C)C)C(=O)Nc1cc(-c2cccc3ccccc23)c2nc(/C=C/P(=O)(O)O)ccc2c1. The van der Waals surface area contributed by atoms with Crippen LogP contribution in [0, 0.1) is 5.41 Å². The van der Waals surface area contributed by atoms with Gasteiger partial charge in [-0.1, -0.05) is 69.3 Å². The van der Waals surface area contributed by atoms with Crippen LogP contribution in [0.1, 0.15) is 60.1 Å². The molecule has 0 aliphatic carbocycles. The molecular weight excluding hydrogens is 577 g/mol. The van der Waals surface area contributed by atoms with Crippen LogP contribution in [0.15, 0.2) is 72.5 Å². The predicted molar refractivity (Wildman–Crippen MR) is 176 cm³/mol. The lowest BCUT2D eigenvalue weighted by Crippen LogP contribution is -2.54. The van der Waals surface area contributed by atoms with Crippen molar-refractivity contribution in [3.63, 3.8) is 0 Å². The summed E-state index contributed by atoms with van der Waals surface area (Å²) in [5.74, 6) is 0.448. The van der Waals surface area contributed by atoms with E-state index in [0.29, 0.717) is 35.1 Å². The maximum absolute atomic E-state index is 13.9. The van der Waals surface area contributed by atoms with Crippen molar-refractivity contribution in [3.8, 4) is 11.1 Å². The lowest BCUT2D eigenvalue weighted by Gasteiger charge is -2.36. The van der Waals surface area contributed by atoms with Gasteiger partial charge < -0.3 is 25.2 Å². The molecule has 0 saturated carbocycles. The average molecular weight is 618 g/mol. The van der Waals surface area contributed by atoms with Gasteiger partial charge in [0.1, 0.15) is 11.6 Å². The molecule has 0 aliphatic rings. The molecule has 0 fully saturated rings. The number of carbonyl (C=O) groups is 2. The molecule has 44 heavy (non-hydrogen) atoms. The third kappa shape index (κ3) is 7.91. The van der Waals surface area contributed by atoms with Gasteiger partial charge in [-0.25, -0.2) is 9.78 Å². The number of benzene rings is 3. The van der Waals surface area contributed by atoms with Crippen molar-refractivity contribution in [3.05, 3.63) is 78.2 Å². The molecule has 4 aromatic rings. The second-order valence-electron chi connectivity index (χ2n) is 12.2. The van der Waals surface area contributed by atoms with Gasteiger partial charge >= 0.3 is 13.7 Å². The fourth-order valence-electron chi connectivity index (χ4n) is 5.11. The standard InChI is InChI=1S/C34H40N3O6P/c1-7-34(6,8-2)30(37-32(39)43-33(3,4)5)31(38)36-25-20-23-16-17-24(18-19-44(40,41)42)35-29(23)28(21-25)27-15-11-13-22-12-9-10-14-26(22)27/h9-21,30H,7-8H2,1-6H3,(H,36,38)(H,37,39)(H2,40,41,42)/b19-18+. The number of nitrogens with zero attached hydrogens (tertiary/aromatic N) is 1.